The summed E-state index contributed by atoms with van der Waals surface area (Å²) in [4.78, 5) is 29.4. The molecule has 0 aliphatic carbocycles. The molecule has 2 aromatic rings. The summed E-state index contributed by atoms with van der Waals surface area (Å²) in [6.07, 6.45) is 3.44. The Morgan fingerprint density at radius 1 is 1.21 bits per heavy atom. The van der Waals surface area contributed by atoms with Crippen LogP contribution in [-0.2, 0) is 25.5 Å². The van der Waals surface area contributed by atoms with E-state index in [4.69, 9.17) is 9.47 Å². The summed E-state index contributed by atoms with van der Waals surface area (Å²) in [6.45, 7) is 6.73. The van der Waals surface area contributed by atoms with Crippen molar-refractivity contribution in [1.29, 1.82) is 0 Å². The van der Waals surface area contributed by atoms with E-state index >= 15 is 0 Å². The van der Waals surface area contributed by atoms with Crippen LogP contribution in [0.2, 0.25) is 0 Å². The van der Waals surface area contributed by atoms with Gasteiger partial charge in [-0.05, 0) is 55.3 Å². The molecule has 3 aliphatic rings. The molecule has 5 rings (SSSR count). The first-order valence-electron chi connectivity index (χ1n) is 11.4. The molecular formula is C22H28N8O4. The van der Waals surface area contributed by atoms with Crippen LogP contribution in [0.25, 0.3) is 5.82 Å². The molecule has 0 aromatic carbocycles. The number of piperidine rings is 1. The number of tetrazole rings is 1. The summed E-state index contributed by atoms with van der Waals surface area (Å²) in [6, 6.07) is 1.92. The number of ether oxygens (including phenoxy) is 2. The van der Waals surface area contributed by atoms with Crippen LogP contribution in [0.5, 0.6) is 0 Å². The molecule has 2 aromatic heterocycles. The second-order valence-corrected chi connectivity index (χ2v) is 9.12. The Hall–Kier alpha value is -3.25. The largest absolute Gasteiger partial charge is 0.456 e. The van der Waals surface area contributed by atoms with Gasteiger partial charge in [0.1, 0.15) is 12.9 Å². The highest BCUT2D eigenvalue weighted by molar-refractivity contribution is 5.94. The fourth-order valence-electron chi connectivity index (χ4n) is 5.23. The van der Waals surface area contributed by atoms with Crippen molar-refractivity contribution in [1.82, 2.24) is 40.2 Å². The Labute approximate surface area is 196 Å². The van der Waals surface area contributed by atoms with Gasteiger partial charge in [-0.25, -0.2) is 4.79 Å². The molecule has 12 nitrogen and oxygen atoms in total. The van der Waals surface area contributed by atoms with Gasteiger partial charge in [0.15, 0.2) is 5.82 Å². The third kappa shape index (κ3) is 3.76. The van der Waals surface area contributed by atoms with Crippen molar-refractivity contribution in [2.75, 3.05) is 39.9 Å². The molecule has 0 N–H and O–H groups in total. The number of hydrogen-bond donors (Lipinski definition) is 0. The molecule has 0 bridgehead atoms. The first kappa shape index (κ1) is 22.5. The van der Waals surface area contributed by atoms with Gasteiger partial charge in [-0.3, -0.25) is 4.79 Å². The lowest BCUT2D eigenvalue weighted by Gasteiger charge is -2.43. The molecule has 0 radical (unpaired) electrons. The fourth-order valence-corrected chi connectivity index (χ4v) is 5.23. The Kier molecular flexibility index (Phi) is 5.86. The van der Waals surface area contributed by atoms with Crippen molar-refractivity contribution >= 4 is 11.9 Å². The number of esters is 1. The van der Waals surface area contributed by atoms with E-state index in [0.717, 1.165) is 30.8 Å². The zero-order chi connectivity index (χ0) is 23.9. The van der Waals surface area contributed by atoms with Crippen molar-refractivity contribution in [2.24, 2.45) is 5.41 Å². The number of carbonyl (C=O) groups excluding carboxylic acids is 2. The van der Waals surface area contributed by atoms with Gasteiger partial charge in [0.2, 0.25) is 5.91 Å². The summed E-state index contributed by atoms with van der Waals surface area (Å²) >= 11 is 0. The molecule has 0 saturated carbocycles. The van der Waals surface area contributed by atoms with Gasteiger partial charge in [0.25, 0.3) is 0 Å². The average Bonchev–Trinajstić information content (AvgIpc) is 3.56. The highest BCUT2D eigenvalue weighted by Gasteiger charge is 2.55. The van der Waals surface area contributed by atoms with E-state index in [0.29, 0.717) is 43.0 Å². The van der Waals surface area contributed by atoms with E-state index in [1.54, 1.807) is 18.9 Å². The maximum absolute atomic E-state index is 13.5. The van der Waals surface area contributed by atoms with Gasteiger partial charge >= 0.3 is 5.97 Å². The van der Waals surface area contributed by atoms with Crippen LogP contribution in [0.1, 0.15) is 31.0 Å². The number of cyclic esters (lactones) is 1. The summed E-state index contributed by atoms with van der Waals surface area (Å²) in [5, 5.41) is 19.7. The second kappa shape index (κ2) is 8.84. The number of rotatable bonds is 6. The Bertz CT molecular complexity index is 1130. The molecule has 1 spiro atoms. The lowest BCUT2D eigenvalue weighted by molar-refractivity contribution is -0.148. The number of carbonyl (C=O) groups is 2. The van der Waals surface area contributed by atoms with Crippen molar-refractivity contribution in [3.63, 3.8) is 0 Å². The van der Waals surface area contributed by atoms with E-state index in [9.17, 15) is 9.59 Å². The molecule has 5 heterocycles. The van der Waals surface area contributed by atoms with Gasteiger partial charge in [-0.1, -0.05) is 0 Å². The standard InChI is InChI=1S/C22H28N8O4/c1-14-10-19(30-13-23-26-27-30)25-24-16(14)4-7-28-8-5-22(18(11-28)33-3)6-9-29(21(22)32)17-12-34-20(31)15(17)2/h10,13,18H,4-9,11-12H2,1-3H3. The lowest BCUT2D eigenvalue weighted by atomic mass is 9.74. The summed E-state index contributed by atoms with van der Waals surface area (Å²) in [7, 11) is 1.67. The number of methoxy groups -OCH3 is 1. The number of nitrogens with zero attached hydrogens (tertiary/aromatic N) is 8. The molecule has 1 amide bonds. The maximum atomic E-state index is 13.5. The van der Waals surface area contributed by atoms with Gasteiger partial charge in [0.05, 0.1) is 28.5 Å². The highest BCUT2D eigenvalue weighted by Crippen LogP contribution is 2.45. The summed E-state index contributed by atoms with van der Waals surface area (Å²) < 4.78 is 12.5. The molecule has 3 aliphatic heterocycles. The van der Waals surface area contributed by atoms with Crippen LogP contribution in [0.4, 0.5) is 0 Å². The second-order valence-electron chi connectivity index (χ2n) is 9.12. The number of hydrogen-bond acceptors (Lipinski definition) is 10. The monoisotopic (exact) mass is 468 g/mol. The number of amides is 1. The van der Waals surface area contributed by atoms with E-state index in [1.165, 1.54) is 11.0 Å². The van der Waals surface area contributed by atoms with E-state index in [2.05, 4.69) is 30.6 Å². The molecule has 34 heavy (non-hydrogen) atoms. The van der Waals surface area contributed by atoms with E-state index in [1.807, 2.05) is 13.0 Å². The predicted molar refractivity (Wildman–Crippen MR) is 117 cm³/mol. The first-order valence-corrected chi connectivity index (χ1v) is 11.4. The Morgan fingerprint density at radius 3 is 2.71 bits per heavy atom. The lowest BCUT2D eigenvalue weighted by Crippen LogP contribution is -2.55. The minimum Gasteiger partial charge on any atom is -0.456 e. The third-order valence-electron chi connectivity index (χ3n) is 7.38. The highest BCUT2D eigenvalue weighted by atomic mass is 16.5. The quantitative estimate of drug-likeness (QED) is 0.537. The number of likely N-dealkylation sites (tertiary alicyclic amines) is 2. The van der Waals surface area contributed by atoms with E-state index in [-0.39, 0.29) is 24.6 Å². The van der Waals surface area contributed by atoms with Gasteiger partial charge in [-0.15, -0.1) is 10.2 Å². The molecular weight excluding hydrogens is 440 g/mol. The van der Waals surface area contributed by atoms with Crippen molar-refractivity contribution in [2.45, 2.75) is 39.2 Å². The van der Waals surface area contributed by atoms with Gasteiger partial charge in [-0.2, -0.15) is 9.78 Å². The molecule has 2 atom stereocenters. The van der Waals surface area contributed by atoms with Crippen LogP contribution in [0.3, 0.4) is 0 Å². The zero-order valence-electron chi connectivity index (χ0n) is 19.6. The zero-order valence-corrected chi connectivity index (χ0v) is 19.6. The van der Waals surface area contributed by atoms with Crippen LogP contribution in [-0.4, -0.2) is 98.1 Å². The summed E-state index contributed by atoms with van der Waals surface area (Å²) in [5.74, 6) is 0.285. The molecule has 180 valence electrons. The van der Waals surface area contributed by atoms with Crippen LogP contribution >= 0.6 is 0 Å². The fraction of sp³-hybridized carbons (Fsp3) is 0.591. The molecule has 12 heteroatoms. The predicted octanol–water partition coefficient (Wildman–Crippen LogP) is 0.0734. The average molecular weight is 469 g/mol. The Balaban J connectivity index is 1.24. The number of aryl methyl sites for hydroxylation is 1. The van der Waals surface area contributed by atoms with Gasteiger partial charge in [0, 0.05) is 33.2 Å². The SMILES string of the molecule is COC1CN(CCc2nnc(-n3cnnn3)cc2C)CCC12CCN(C1=C(C)C(=O)OC1)C2=O. The minimum atomic E-state index is -0.562. The van der Waals surface area contributed by atoms with E-state index < -0.39 is 5.41 Å². The molecule has 2 fully saturated rings. The van der Waals surface area contributed by atoms with Crippen LogP contribution in [0, 0.1) is 12.3 Å². The van der Waals surface area contributed by atoms with Crippen molar-refractivity contribution in [3.05, 3.63) is 34.9 Å². The smallest absolute Gasteiger partial charge is 0.336 e. The maximum Gasteiger partial charge on any atom is 0.336 e. The van der Waals surface area contributed by atoms with Crippen molar-refractivity contribution in [3.8, 4) is 5.82 Å². The third-order valence-corrected chi connectivity index (χ3v) is 7.38. The van der Waals surface area contributed by atoms with Crippen LogP contribution in [0.15, 0.2) is 23.7 Å². The minimum absolute atomic E-state index is 0.0477. The topological polar surface area (TPSA) is 128 Å². The first-order chi connectivity index (χ1) is 16.4. The summed E-state index contributed by atoms with van der Waals surface area (Å²) in [5.41, 5.74) is 2.61. The number of aromatic nitrogens is 6. The Morgan fingerprint density at radius 2 is 2.03 bits per heavy atom. The van der Waals surface area contributed by atoms with Gasteiger partial charge < -0.3 is 19.3 Å². The molecule has 2 unspecified atom stereocenters. The van der Waals surface area contributed by atoms with Crippen molar-refractivity contribution < 1.29 is 19.1 Å². The molecule has 2 saturated heterocycles. The normalized spacial score (nSPS) is 25.6. The van der Waals surface area contributed by atoms with Crippen LogP contribution < -0.4 is 0 Å².